The fourth-order valence-corrected chi connectivity index (χ4v) is 2.96. The number of rotatable bonds is 2. The zero-order valence-corrected chi connectivity index (χ0v) is 22.5. The van der Waals surface area contributed by atoms with Crippen LogP contribution in [0.5, 0.6) is 0 Å². The Labute approximate surface area is 232 Å². The Morgan fingerprint density at radius 2 is 0.800 bits per heavy atom. The first-order valence-corrected chi connectivity index (χ1v) is 11.7. The van der Waals surface area contributed by atoms with Crippen molar-refractivity contribution in [3.63, 3.8) is 0 Å². The minimum Gasteiger partial charge on any atom is -1.00 e. The Bertz CT molecular complexity index is 1080. The van der Waals surface area contributed by atoms with E-state index in [9.17, 15) is 43.7 Å². The Morgan fingerprint density at radius 1 is 0.571 bits per heavy atom. The van der Waals surface area contributed by atoms with Crippen LogP contribution in [-0.2, 0) is 20.0 Å². The topological polar surface area (TPSA) is 34.1 Å². The molecule has 0 atom stereocenters. The van der Waals surface area contributed by atoms with Crippen LogP contribution >= 0.6 is 21.4 Å². The third kappa shape index (κ3) is 11.4. The summed E-state index contributed by atoms with van der Waals surface area (Å²) in [5.41, 5.74) is 0. The quantitative estimate of drug-likeness (QED) is 0.139. The molecule has 0 aliphatic carbocycles. The average molecular weight is 664 g/mol. The van der Waals surface area contributed by atoms with Crippen LogP contribution in [0, 0.1) is 58.4 Å². The molecule has 0 saturated heterocycles. The van der Waals surface area contributed by atoms with Crippen molar-refractivity contribution in [2.24, 2.45) is 0 Å². The number of hydrogen-bond donors (Lipinski definition) is 0. The van der Waals surface area contributed by atoms with E-state index in [1.54, 1.807) is 0 Å². The molecule has 0 fully saturated rings. The molecule has 2 nitrogen and oxygen atoms in total. The maximum absolute atomic E-state index is 13.0. The summed E-state index contributed by atoms with van der Waals surface area (Å²) in [5, 5.41) is 0. The smallest absolute Gasteiger partial charge is 1.00 e. The molecule has 0 aliphatic heterocycles. The minimum atomic E-state index is -2.40. The van der Waals surface area contributed by atoms with E-state index in [1.807, 2.05) is 0 Å². The second-order valence-electron chi connectivity index (χ2n) is 5.32. The van der Waals surface area contributed by atoms with Crippen molar-refractivity contribution in [2.45, 2.75) is 9.79 Å². The normalized spacial score (nSPS) is 9.86. The fourth-order valence-electron chi connectivity index (χ4n) is 1.84. The van der Waals surface area contributed by atoms with E-state index in [4.69, 9.17) is 4.21 Å². The van der Waals surface area contributed by atoms with E-state index in [1.165, 1.54) is 0 Å². The molecule has 0 aromatic heterocycles. The van der Waals surface area contributed by atoms with E-state index in [2.05, 4.69) is 27.4 Å². The van der Waals surface area contributed by atoms with E-state index < -0.39 is 82.2 Å². The molecule has 0 amide bonds. The van der Waals surface area contributed by atoms with Gasteiger partial charge >= 0.3 is 23.1 Å². The third-order valence-corrected chi connectivity index (χ3v) is 4.51. The van der Waals surface area contributed by atoms with Crippen LogP contribution in [0.25, 0.3) is 0 Å². The summed E-state index contributed by atoms with van der Waals surface area (Å²) in [4.78, 5) is -1.10. The van der Waals surface area contributed by atoms with Gasteiger partial charge in [-0.3, -0.25) is 8.78 Å². The second-order valence-corrected chi connectivity index (χ2v) is 9.32. The Balaban J connectivity index is 0. The molecule has 0 saturated carbocycles. The molecule has 0 N–H and O–H groups in total. The number of benzene rings is 3. The Morgan fingerprint density at radius 3 is 1.03 bits per heavy atom. The van der Waals surface area contributed by atoms with Crippen LogP contribution in [0.1, 0.15) is 0 Å². The summed E-state index contributed by atoms with van der Waals surface area (Å²) in [6.45, 7) is 0. The molecule has 35 heavy (non-hydrogen) atoms. The first-order chi connectivity index (χ1) is 15.3. The van der Waals surface area contributed by atoms with Gasteiger partial charge in [0.25, 0.3) is 0 Å². The van der Waals surface area contributed by atoms with Gasteiger partial charge in [-0.15, -0.1) is 12.1 Å². The van der Waals surface area contributed by atoms with Crippen LogP contribution in [0.3, 0.4) is 0 Å². The van der Waals surface area contributed by atoms with E-state index in [0.29, 0.717) is 24.3 Å². The predicted octanol–water partition coefficient (Wildman–Crippen LogP) is 3.26. The molecule has 0 heterocycles. The zero-order chi connectivity index (χ0) is 25.5. The van der Waals surface area contributed by atoms with Crippen molar-refractivity contribution in [3.8, 4) is 0 Å². The first-order valence-electron chi connectivity index (χ1n) is 7.72. The van der Waals surface area contributed by atoms with Crippen LogP contribution in [0.2, 0.25) is 0 Å². The maximum Gasteiger partial charge on any atom is 2.00 e. The van der Waals surface area contributed by atoms with E-state index >= 15 is 0 Å². The summed E-state index contributed by atoms with van der Waals surface area (Å²) in [5.74, 6) is -13.8. The summed E-state index contributed by atoms with van der Waals surface area (Å²) >= 11 is 0. The van der Waals surface area contributed by atoms with Gasteiger partial charge in [0.2, 0.25) is 9.23 Å². The van der Waals surface area contributed by atoms with Gasteiger partial charge in [-0.1, -0.05) is 0 Å². The van der Waals surface area contributed by atoms with Crippen molar-refractivity contribution >= 4 is 64.4 Å². The van der Waals surface area contributed by atoms with Gasteiger partial charge in [-0.25, -0.2) is 39.2 Å². The van der Waals surface area contributed by atoms with Crippen LogP contribution < -0.4 is 17.0 Å². The molecule has 188 valence electrons. The van der Waals surface area contributed by atoms with Gasteiger partial charge in [0.15, 0.2) is 34.9 Å². The molecular weight excluding hydrogens is 658 g/mol. The van der Waals surface area contributed by atoms with Crippen LogP contribution in [0.15, 0.2) is 46.2 Å². The molecule has 0 radical (unpaired) electrons. The van der Waals surface area contributed by atoms with Crippen molar-refractivity contribution in [3.05, 3.63) is 94.8 Å². The molecule has 17 heteroatoms. The molecule has 3 aromatic rings. The molecule has 0 bridgehead atoms. The SMILES string of the molecule is Fc1c[c-]cc(F)c1F.O=S(Cl)Cl.O=S(c1cc(F)c(F)c(F)c1)c1cc(F)c(F)c(F)c1.[Br-].[Mg+2]. The van der Waals surface area contributed by atoms with Gasteiger partial charge in [0.1, 0.15) is 0 Å². The van der Waals surface area contributed by atoms with Crippen molar-refractivity contribution in [1.82, 2.24) is 0 Å². The van der Waals surface area contributed by atoms with Crippen molar-refractivity contribution in [2.75, 3.05) is 0 Å². The average Bonchev–Trinajstić information content (AvgIpc) is 2.73. The summed E-state index contributed by atoms with van der Waals surface area (Å²) in [6.07, 6.45) is 0. The summed E-state index contributed by atoms with van der Waals surface area (Å²) in [7, 11) is 4.96. The molecule has 0 spiro atoms. The second kappa shape index (κ2) is 16.8. The molecule has 0 aliphatic rings. The monoisotopic (exact) mass is 662 g/mol. The van der Waals surface area contributed by atoms with E-state index in [0.717, 1.165) is 12.1 Å². The Kier molecular flexibility index (Phi) is 17.4. The van der Waals surface area contributed by atoms with Gasteiger partial charge in [-0.05, 0) is 24.3 Å². The van der Waals surface area contributed by atoms with Crippen molar-refractivity contribution in [1.29, 1.82) is 0 Å². The standard InChI is InChI=1S/C12H4F6OS.C6H2F3.BrH.Cl2OS.Mg/c13-7-1-5(2-8(14)11(7)17)20(19)6-3-9(15)12(18)10(16)4-6;7-4-2-1-3-5(8)6(4)9;;1-4(2)3;/h1-4H;2-3H;1H;;/q;-1;;;+2/p-1. The van der Waals surface area contributed by atoms with Crippen LogP contribution in [0.4, 0.5) is 39.5 Å². The zero-order valence-electron chi connectivity index (χ0n) is 16.3. The number of hydrogen-bond acceptors (Lipinski definition) is 2. The molecular formula is C18H6BrCl2F9MgO2S2. The van der Waals surface area contributed by atoms with E-state index in [-0.39, 0.29) is 40.0 Å². The summed E-state index contributed by atoms with van der Waals surface area (Å²) in [6, 6.07) is 5.25. The summed E-state index contributed by atoms with van der Waals surface area (Å²) < 4.78 is 134. The first kappa shape index (κ1) is 36.3. The maximum atomic E-state index is 13.0. The fraction of sp³-hybridized carbons (Fsp3) is 0. The predicted molar refractivity (Wildman–Crippen MR) is 108 cm³/mol. The van der Waals surface area contributed by atoms with Gasteiger partial charge in [0.05, 0.1) is 16.6 Å². The Hall–Kier alpha value is -0.844. The van der Waals surface area contributed by atoms with Gasteiger partial charge in [-0.2, -0.15) is 6.07 Å². The van der Waals surface area contributed by atoms with Crippen molar-refractivity contribution < 1.29 is 64.9 Å². The van der Waals surface area contributed by atoms with Gasteiger partial charge < -0.3 is 17.0 Å². The number of halogens is 12. The molecule has 3 aromatic carbocycles. The molecule has 0 unspecified atom stereocenters. The minimum absolute atomic E-state index is 0. The van der Waals surface area contributed by atoms with Gasteiger partial charge in [0, 0.05) is 42.8 Å². The molecule has 3 rings (SSSR count). The largest absolute Gasteiger partial charge is 2.00 e. The van der Waals surface area contributed by atoms with Crippen LogP contribution in [-0.4, -0.2) is 31.5 Å². The third-order valence-electron chi connectivity index (χ3n) is 3.18.